The summed E-state index contributed by atoms with van der Waals surface area (Å²) in [6.45, 7) is 4.90. The Hall–Kier alpha value is -7.28. The molecule has 0 radical (unpaired) electrons. The van der Waals surface area contributed by atoms with Crippen molar-refractivity contribution in [3.63, 3.8) is 0 Å². The molecule has 2 fully saturated rings. The van der Waals surface area contributed by atoms with Crippen LogP contribution in [-0.4, -0.2) is 19.9 Å². The summed E-state index contributed by atoms with van der Waals surface area (Å²) in [5, 5.41) is 20.9. The number of rotatable bonds is 7. The van der Waals surface area contributed by atoms with Crippen LogP contribution < -0.4 is 0 Å². The van der Waals surface area contributed by atoms with Crippen molar-refractivity contribution in [2.45, 2.75) is 51.4 Å². The Kier molecular flexibility index (Phi) is 9.78. The SMILES string of the molecule is C[C@@H]1CC2C[C@H](C)CC(c3ccc(-c4ccc(-c5nc(-c6cccc(-c7ccc(C#N)cc7)c6)nc(-c6cccc(-c7cnc(C#N)c8ccccc78)c6)n5)cc4)cc3)(C2)C1. The minimum absolute atomic E-state index is 0.310. The summed E-state index contributed by atoms with van der Waals surface area (Å²) in [7, 11) is 0. The molecule has 2 saturated carbocycles. The lowest BCUT2D eigenvalue weighted by Crippen LogP contribution is -2.42. The van der Waals surface area contributed by atoms with E-state index >= 15 is 0 Å². The topological polar surface area (TPSA) is 99.1 Å². The highest BCUT2D eigenvalue weighted by molar-refractivity contribution is 5.98. The molecule has 2 heterocycles. The van der Waals surface area contributed by atoms with E-state index in [9.17, 15) is 10.5 Å². The molecule has 0 amide bonds. The van der Waals surface area contributed by atoms with Crippen LogP contribution in [0.25, 0.3) is 78.3 Å². The summed E-state index contributed by atoms with van der Waals surface area (Å²) in [5.74, 6) is 4.10. The molecule has 4 atom stereocenters. The summed E-state index contributed by atoms with van der Waals surface area (Å²) >= 11 is 0. The molecule has 2 unspecified atom stereocenters. The van der Waals surface area contributed by atoms with Gasteiger partial charge in [-0.25, -0.2) is 19.9 Å². The molecule has 61 heavy (non-hydrogen) atoms. The molecule has 6 nitrogen and oxygen atoms in total. The van der Waals surface area contributed by atoms with Crippen LogP contribution in [0.2, 0.25) is 0 Å². The zero-order valence-corrected chi connectivity index (χ0v) is 34.4. The van der Waals surface area contributed by atoms with Crippen molar-refractivity contribution in [1.29, 1.82) is 10.5 Å². The Morgan fingerprint density at radius 1 is 0.492 bits per heavy atom. The fourth-order valence-electron chi connectivity index (χ4n) is 10.6. The fourth-order valence-corrected chi connectivity index (χ4v) is 10.6. The Morgan fingerprint density at radius 3 is 1.62 bits per heavy atom. The first-order valence-electron chi connectivity index (χ1n) is 21.3. The highest BCUT2D eigenvalue weighted by Crippen LogP contribution is 2.54. The molecular weight excluding hydrogens is 745 g/mol. The fraction of sp³-hybridized carbons (Fsp3) is 0.200. The summed E-state index contributed by atoms with van der Waals surface area (Å²) < 4.78 is 0. The van der Waals surface area contributed by atoms with E-state index in [0.29, 0.717) is 34.1 Å². The number of aromatic nitrogens is 4. The second-order valence-corrected chi connectivity index (χ2v) is 17.4. The molecule has 0 aliphatic heterocycles. The average Bonchev–Trinajstić information content (AvgIpc) is 3.31. The number of benzene rings is 6. The lowest BCUT2D eigenvalue weighted by molar-refractivity contribution is 0.0780. The number of hydrogen-bond acceptors (Lipinski definition) is 6. The van der Waals surface area contributed by atoms with Crippen molar-refractivity contribution >= 4 is 10.8 Å². The van der Waals surface area contributed by atoms with Crippen LogP contribution in [0.5, 0.6) is 0 Å². The van der Waals surface area contributed by atoms with E-state index in [0.717, 1.165) is 73.0 Å². The van der Waals surface area contributed by atoms with Crippen molar-refractivity contribution in [3.8, 4) is 79.7 Å². The Balaban J connectivity index is 1.02. The molecule has 0 N–H and O–H groups in total. The van der Waals surface area contributed by atoms with E-state index in [2.05, 4.69) is 104 Å². The van der Waals surface area contributed by atoms with Crippen LogP contribution >= 0.6 is 0 Å². The molecule has 10 rings (SSSR count). The van der Waals surface area contributed by atoms with Gasteiger partial charge in [0.05, 0.1) is 11.6 Å². The monoisotopic (exact) mass is 788 g/mol. The van der Waals surface area contributed by atoms with Gasteiger partial charge in [0.25, 0.3) is 0 Å². The molecular formula is C55H44N6. The van der Waals surface area contributed by atoms with E-state index in [-0.39, 0.29) is 0 Å². The summed E-state index contributed by atoms with van der Waals surface area (Å²) in [6.07, 6.45) is 8.46. The van der Waals surface area contributed by atoms with E-state index in [4.69, 9.17) is 15.0 Å². The molecule has 6 heteroatoms. The quantitative estimate of drug-likeness (QED) is 0.159. The second kappa shape index (κ2) is 15.7. The first-order chi connectivity index (χ1) is 29.8. The van der Waals surface area contributed by atoms with Crippen molar-refractivity contribution in [2.24, 2.45) is 17.8 Å². The Labute approximate surface area is 357 Å². The predicted molar refractivity (Wildman–Crippen MR) is 244 cm³/mol. The summed E-state index contributed by atoms with van der Waals surface area (Å²) in [5.41, 5.74) is 11.7. The van der Waals surface area contributed by atoms with Crippen LogP contribution in [0, 0.1) is 40.4 Å². The molecule has 2 aromatic heterocycles. The van der Waals surface area contributed by atoms with Gasteiger partial charge in [0.15, 0.2) is 17.5 Å². The highest BCUT2D eigenvalue weighted by atomic mass is 15.0. The third-order valence-corrected chi connectivity index (χ3v) is 13.0. The Morgan fingerprint density at radius 2 is 1.00 bits per heavy atom. The smallest absolute Gasteiger partial charge is 0.164 e. The molecule has 0 spiro atoms. The molecule has 0 saturated heterocycles. The van der Waals surface area contributed by atoms with Gasteiger partial charge in [0.2, 0.25) is 0 Å². The van der Waals surface area contributed by atoms with Gasteiger partial charge in [-0.2, -0.15) is 10.5 Å². The van der Waals surface area contributed by atoms with E-state index in [1.165, 1.54) is 43.2 Å². The van der Waals surface area contributed by atoms with Crippen LogP contribution in [0.15, 0.2) is 152 Å². The van der Waals surface area contributed by atoms with Crippen molar-refractivity contribution in [2.75, 3.05) is 0 Å². The van der Waals surface area contributed by atoms with Crippen LogP contribution in [-0.2, 0) is 5.41 Å². The second-order valence-electron chi connectivity index (χ2n) is 17.4. The number of pyridine rings is 1. The number of nitriles is 2. The van der Waals surface area contributed by atoms with Crippen molar-refractivity contribution < 1.29 is 0 Å². The maximum atomic E-state index is 9.75. The first-order valence-corrected chi connectivity index (χ1v) is 21.3. The van der Waals surface area contributed by atoms with Gasteiger partial charge in [-0.3, -0.25) is 0 Å². The van der Waals surface area contributed by atoms with E-state index in [1.807, 2.05) is 72.8 Å². The van der Waals surface area contributed by atoms with Gasteiger partial charge in [0.1, 0.15) is 11.8 Å². The van der Waals surface area contributed by atoms with Crippen LogP contribution in [0.1, 0.15) is 62.8 Å². The lowest BCUT2D eigenvalue weighted by atomic mass is 9.54. The summed E-state index contributed by atoms with van der Waals surface area (Å²) in [4.78, 5) is 19.8. The van der Waals surface area contributed by atoms with Crippen LogP contribution in [0.3, 0.4) is 0 Å². The molecule has 6 aromatic carbocycles. The largest absolute Gasteiger partial charge is 0.244 e. The lowest BCUT2D eigenvalue weighted by Gasteiger charge is -2.50. The minimum atomic E-state index is 0.310. The number of hydrogen-bond donors (Lipinski definition) is 0. The molecule has 2 aliphatic rings. The summed E-state index contributed by atoms with van der Waals surface area (Å²) in [6, 6.07) is 54.2. The zero-order chi connectivity index (χ0) is 41.5. The van der Waals surface area contributed by atoms with Crippen LogP contribution in [0.4, 0.5) is 0 Å². The Bertz CT molecular complexity index is 2990. The molecule has 2 aliphatic carbocycles. The van der Waals surface area contributed by atoms with Gasteiger partial charge >= 0.3 is 0 Å². The standard InChI is InChI=1S/C55H44N6/c1-35-25-38-26-36(2)30-55(29-35,31-38)47-23-21-40(22-24-47)39-17-19-42(20-18-39)52-59-53(45-9-5-7-43(27-45)41-15-13-37(32-56)14-16-41)61-54(60-52)46-10-6-8-44(28-46)50-34-58-51(33-57)49-12-4-3-11-48(49)50/h3-24,27-28,34-36,38H,25-26,29-31H2,1-2H3/t35-,36+,38?,55?. The van der Waals surface area contributed by atoms with Gasteiger partial charge in [-0.15, -0.1) is 0 Å². The van der Waals surface area contributed by atoms with E-state index in [1.54, 1.807) is 6.20 Å². The normalized spacial score (nSPS) is 19.5. The molecule has 2 bridgehead atoms. The van der Waals surface area contributed by atoms with Crippen molar-refractivity contribution in [1.82, 2.24) is 19.9 Å². The zero-order valence-electron chi connectivity index (χ0n) is 34.4. The predicted octanol–water partition coefficient (Wildman–Crippen LogP) is 13.3. The average molecular weight is 789 g/mol. The molecule has 294 valence electrons. The first kappa shape index (κ1) is 38.0. The van der Waals surface area contributed by atoms with Gasteiger partial charge in [-0.05, 0) is 118 Å². The molecule has 8 aromatic rings. The van der Waals surface area contributed by atoms with Gasteiger partial charge in [-0.1, -0.05) is 135 Å². The van der Waals surface area contributed by atoms with Gasteiger partial charge < -0.3 is 0 Å². The third kappa shape index (κ3) is 7.36. The minimum Gasteiger partial charge on any atom is -0.244 e. The van der Waals surface area contributed by atoms with Crippen molar-refractivity contribution in [3.05, 3.63) is 169 Å². The van der Waals surface area contributed by atoms with Gasteiger partial charge in [0, 0.05) is 33.8 Å². The number of nitrogens with zero attached hydrogens (tertiary/aromatic N) is 6. The third-order valence-electron chi connectivity index (χ3n) is 13.0. The maximum absolute atomic E-state index is 9.75. The van der Waals surface area contributed by atoms with E-state index < -0.39 is 0 Å². The number of fused-ring (bicyclic) bond motifs is 3. The highest BCUT2D eigenvalue weighted by Gasteiger charge is 2.45. The maximum Gasteiger partial charge on any atom is 0.164 e.